The van der Waals surface area contributed by atoms with Crippen LogP contribution in [0.5, 0.6) is 5.75 Å². The number of carbonyl (C=O) groups is 1. The Kier molecular flexibility index (Phi) is 6.54. The zero-order chi connectivity index (χ0) is 22.9. The second kappa shape index (κ2) is 8.97. The molecule has 1 N–H and O–H groups in total. The maximum atomic E-state index is 14.2. The Balaban J connectivity index is 2.19. The fraction of sp³-hybridized carbons (Fsp3) is 0.273. The summed E-state index contributed by atoms with van der Waals surface area (Å²) in [6, 6.07) is 10.0. The molecule has 0 bridgehead atoms. The highest BCUT2D eigenvalue weighted by molar-refractivity contribution is 7.80. The summed E-state index contributed by atoms with van der Waals surface area (Å²) >= 11 is 5.52. The van der Waals surface area contributed by atoms with Gasteiger partial charge in [0.25, 0.3) is 5.91 Å². The summed E-state index contributed by atoms with van der Waals surface area (Å²) in [5.74, 6) is -0.821. The first-order valence-electron chi connectivity index (χ1n) is 9.44. The van der Waals surface area contributed by atoms with Gasteiger partial charge in [-0.3, -0.25) is 9.69 Å². The molecule has 1 atom stereocenters. The molecule has 2 aromatic rings. The van der Waals surface area contributed by atoms with Crippen molar-refractivity contribution in [1.82, 2.24) is 10.2 Å². The first kappa shape index (κ1) is 22.6. The summed E-state index contributed by atoms with van der Waals surface area (Å²) in [4.78, 5) is 16.1. The molecule has 3 rings (SSSR count). The largest absolute Gasteiger partial charge is 0.434 e. The second-order valence-corrected chi connectivity index (χ2v) is 7.65. The minimum absolute atomic E-state index is 0.0653. The third-order valence-electron chi connectivity index (χ3n) is 4.98. The lowest BCUT2D eigenvalue weighted by molar-refractivity contribution is -0.125. The number of nitrogens with zero attached hydrogens (tertiary/aromatic N) is 2. The average molecular weight is 449 g/mol. The summed E-state index contributed by atoms with van der Waals surface area (Å²) in [6.45, 7) is 0.304. The van der Waals surface area contributed by atoms with Gasteiger partial charge in [-0.25, -0.2) is 4.39 Å². The Labute approximate surface area is 184 Å². The van der Waals surface area contributed by atoms with Gasteiger partial charge >= 0.3 is 6.61 Å². The van der Waals surface area contributed by atoms with Crippen molar-refractivity contribution in [3.63, 3.8) is 0 Å². The molecule has 164 valence electrons. The Morgan fingerprint density at radius 1 is 1.19 bits per heavy atom. The summed E-state index contributed by atoms with van der Waals surface area (Å²) in [5.41, 5.74) is 2.00. The third-order valence-corrected chi connectivity index (χ3v) is 5.28. The van der Waals surface area contributed by atoms with E-state index < -0.39 is 18.5 Å². The Bertz CT molecular complexity index is 1060. The van der Waals surface area contributed by atoms with Crippen LogP contribution in [0, 0.1) is 12.7 Å². The molecule has 0 radical (unpaired) electrons. The number of carbonyl (C=O) groups excluding carboxylic acids is 1. The monoisotopic (exact) mass is 449 g/mol. The molecule has 1 heterocycles. The lowest BCUT2D eigenvalue weighted by Gasteiger charge is -2.39. The molecule has 1 aliphatic rings. The Morgan fingerprint density at radius 2 is 1.87 bits per heavy atom. The number of thiocarbonyl (C=S) groups is 1. The van der Waals surface area contributed by atoms with Crippen LogP contribution in [0.2, 0.25) is 0 Å². The molecule has 1 unspecified atom stereocenters. The molecular weight excluding hydrogens is 427 g/mol. The predicted octanol–water partition coefficient (Wildman–Crippen LogP) is 4.53. The quantitative estimate of drug-likeness (QED) is 0.680. The number of alkyl halides is 2. The minimum Gasteiger partial charge on any atom is -0.434 e. The van der Waals surface area contributed by atoms with Gasteiger partial charge < -0.3 is 15.0 Å². The van der Waals surface area contributed by atoms with Crippen LogP contribution < -0.4 is 15.0 Å². The number of hydrogen-bond acceptors (Lipinski definition) is 3. The number of rotatable bonds is 5. The highest BCUT2D eigenvalue weighted by atomic mass is 32.1. The first-order valence-corrected chi connectivity index (χ1v) is 9.85. The van der Waals surface area contributed by atoms with E-state index in [4.69, 9.17) is 12.2 Å². The Morgan fingerprint density at radius 3 is 2.48 bits per heavy atom. The van der Waals surface area contributed by atoms with Gasteiger partial charge in [0.15, 0.2) is 5.11 Å². The molecule has 31 heavy (non-hydrogen) atoms. The standard InChI is InChI=1S/C22H22F3N3O2S/c1-12-9-10-14(11-16(12)23)28-13(2)18(20(29)27(3)4)19(26-22(28)31)15-7-5-6-8-17(15)30-21(24)25/h5-11,19,21H,1-4H3,(H,26,31). The maximum absolute atomic E-state index is 14.2. The van der Waals surface area contributed by atoms with Crippen molar-refractivity contribution in [2.75, 3.05) is 19.0 Å². The van der Waals surface area contributed by atoms with E-state index in [0.717, 1.165) is 0 Å². The normalized spacial score (nSPS) is 16.5. The van der Waals surface area contributed by atoms with Gasteiger partial charge in [0.1, 0.15) is 11.6 Å². The average Bonchev–Trinajstić information content (AvgIpc) is 2.69. The second-order valence-electron chi connectivity index (χ2n) is 7.27. The van der Waals surface area contributed by atoms with Gasteiger partial charge in [0.05, 0.1) is 17.3 Å². The van der Waals surface area contributed by atoms with Crippen LogP contribution in [0.1, 0.15) is 24.1 Å². The van der Waals surface area contributed by atoms with E-state index in [2.05, 4.69) is 10.1 Å². The first-order chi connectivity index (χ1) is 14.6. The molecule has 0 saturated heterocycles. The molecule has 9 heteroatoms. The smallest absolute Gasteiger partial charge is 0.387 e. The molecule has 1 aliphatic heterocycles. The highest BCUT2D eigenvalue weighted by Crippen LogP contribution is 2.38. The number of benzene rings is 2. The van der Waals surface area contributed by atoms with Crippen LogP contribution in [-0.4, -0.2) is 36.6 Å². The topological polar surface area (TPSA) is 44.8 Å². The molecule has 5 nitrogen and oxygen atoms in total. The molecule has 0 fully saturated rings. The predicted molar refractivity (Wildman–Crippen MR) is 117 cm³/mol. The van der Waals surface area contributed by atoms with Crippen LogP contribution in [-0.2, 0) is 4.79 Å². The van der Waals surface area contributed by atoms with Crippen molar-refractivity contribution in [3.8, 4) is 5.75 Å². The van der Waals surface area contributed by atoms with Crippen molar-refractivity contribution in [2.45, 2.75) is 26.5 Å². The zero-order valence-electron chi connectivity index (χ0n) is 17.4. The molecule has 1 amide bonds. The molecular formula is C22H22F3N3O2S. The number of amides is 1. The maximum Gasteiger partial charge on any atom is 0.387 e. The number of nitrogens with one attached hydrogen (secondary N) is 1. The van der Waals surface area contributed by atoms with E-state index in [1.807, 2.05) is 0 Å². The minimum atomic E-state index is -3.03. The number of allylic oxidation sites excluding steroid dienone is 1. The molecule has 2 aromatic carbocycles. The van der Waals surface area contributed by atoms with Crippen LogP contribution in [0.15, 0.2) is 53.7 Å². The van der Waals surface area contributed by atoms with E-state index in [1.165, 1.54) is 17.0 Å². The van der Waals surface area contributed by atoms with E-state index in [-0.39, 0.29) is 22.3 Å². The zero-order valence-corrected chi connectivity index (χ0v) is 18.3. The third kappa shape index (κ3) is 4.51. The van der Waals surface area contributed by atoms with Gasteiger partial charge in [-0.15, -0.1) is 0 Å². The summed E-state index contributed by atoms with van der Waals surface area (Å²) < 4.78 is 44.8. The number of ether oxygens (including phenoxy) is 1. The number of anilines is 1. The highest BCUT2D eigenvalue weighted by Gasteiger charge is 2.37. The SMILES string of the molecule is CC1=C(C(=O)N(C)C)C(c2ccccc2OC(F)F)NC(=S)N1c1ccc(C)c(F)c1. The van der Waals surface area contributed by atoms with Gasteiger partial charge in [0.2, 0.25) is 0 Å². The van der Waals surface area contributed by atoms with Crippen molar-refractivity contribution >= 4 is 28.9 Å². The van der Waals surface area contributed by atoms with Gasteiger partial charge in [-0.05, 0) is 49.8 Å². The van der Waals surface area contributed by atoms with Crippen molar-refractivity contribution in [3.05, 3.63) is 70.7 Å². The van der Waals surface area contributed by atoms with Crippen LogP contribution in [0.4, 0.5) is 18.9 Å². The summed E-state index contributed by atoms with van der Waals surface area (Å²) in [7, 11) is 3.17. The number of aryl methyl sites for hydroxylation is 1. The fourth-order valence-corrected chi connectivity index (χ4v) is 3.81. The lowest BCUT2D eigenvalue weighted by Crippen LogP contribution is -2.49. The summed E-state index contributed by atoms with van der Waals surface area (Å²) in [5, 5.41) is 3.25. The van der Waals surface area contributed by atoms with E-state index in [9.17, 15) is 18.0 Å². The Hall–Kier alpha value is -3.07. The van der Waals surface area contributed by atoms with E-state index in [1.54, 1.807) is 63.2 Å². The molecule has 0 spiro atoms. The van der Waals surface area contributed by atoms with Gasteiger partial charge in [-0.1, -0.05) is 24.3 Å². The molecule has 0 aliphatic carbocycles. The summed E-state index contributed by atoms with van der Waals surface area (Å²) in [6.07, 6.45) is 0. The van der Waals surface area contributed by atoms with Gasteiger partial charge in [0, 0.05) is 25.4 Å². The van der Waals surface area contributed by atoms with E-state index in [0.29, 0.717) is 22.5 Å². The molecule has 0 saturated carbocycles. The number of para-hydroxylation sites is 1. The van der Waals surface area contributed by atoms with Crippen molar-refractivity contribution < 1.29 is 22.7 Å². The van der Waals surface area contributed by atoms with Crippen molar-refractivity contribution in [1.29, 1.82) is 0 Å². The number of halogens is 3. The van der Waals surface area contributed by atoms with Crippen molar-refractivity contribution in [2.24, 2.45) is 0 Å². The van der Waals surface area contributed by atoms with Crippen LogP contribution in [0.3, 0.4) is 0 Å². The lowest BCUT2D eigenvalue weighted by atomic mass is 9.93. The number of likely N-dealkylation sites (N-methyl/N-ethyl adjacent to an activating group) is 1. The fourth-order valence-electron chi connectivity index (χ4n) is 3.45. The van der Waals surface area contributed by atoms with Crippen LogP contribution >= 0.6 is 12.2 Å². The van der Waals surface area contributed by atoms with Gasteiger partial charge in [-0.2, -0.15) is 8.78 Å². The van der Waals surface area contributed by atoms with Crippen LogP contribution in [0.25, 0.3) is 0 Å². The van der Waals surface area contributed by atoms with E-state index >= 15 is 0 Å². The number of hydrogen-bond donors (Lipinski definition) is 1. The molecule has 0 aromatic heterocycles.